The summed E-state index contributed by atoms with van der Waals surface area (Å²) in [5.74, 6) is -3.34. The minimum Gasteiger partial charge on any atom is -0.478 e. The molecule has 8 nitrogen and oxygen atoms in total. The number of hydrogen-bond acceptors (Lipinski definition) is 4. The summed E-state index contributed by atoms with van der Waals surface area (Å²) < 4.78 is 14.9. The first-order valence-electron chi connectivity index (χ1n) is 10.1. The van der Waals surface area contributed by atoms with Gasteiger partial charge in [-0.2, -0.15) is 5.10 Å². The van der Waals surface area contributed by atoms with Gasteiger partial charge in [0.15, 0.2) is 0 Å². The number of aryl methyl sites for hydroxylation is 2. The lowest BCUT2D eigenvalue weighted by Crippen LogP contribution is -2.35. The lowest BCUT2D eigenvalue weighted by molar-refractivity contribution is -0.133. The number of rotatable bonds is 5. The van der Waals surface area contributed by atoms with Crippen molar-refractivity contribution >= 4 is 23.5 Å². The van der Waals surface area contributed by atoms with E-state index >= 15 is 0 Å². The summed E-state index contributed by atoms with van der Waals surface area (Å²) in [5, 5.41) is 14.3. The van der Waals surface area contributed by atoms with Gasteiger partial charge in [-0.15, -0.1) is 0 Å². The monoisotopic (exact) mass is 448 g/mol. The lowest BCUT2D eigenvalue weighted by Gasteiger charge is -2.31. The molecule has 33 heavy (non-hydrogen) atoms. The van der Waals surface area contributed by atoms with Crippen LogP contribution in [0.1, 0.15) is 33.8 Å². The van der Waals surface area contributed by atoms with Gasteiger partial charge in [0.05, 0.1) is 17.0 Å². The van der Waals surface area contributed by atoms with Gasteiger partial charge in [-0.05, 0) is 48.4 Å². The second-order valence-corrected chi connectivity index (χ2v) is 7.88. The van der Waals surface area contributed by atoms with Crippen LogP contribution in [0, 0.1) is 12.7 Å². The van der Waals surface area contributed by atoms with E-state index in [9.17, 15) is 23.9 Å². The average Bonchev–Trinajstić information content (AvgIpc) is 3.19. The van der Waals surface area contributed by atoms with Crippen molar-refractivity contribution in [1.29, 1.82) is 0 Å². The van der Waals surface area contributed by atoms with Crippen LogP contribution in [0.5, 0.6) is 0 Å². The molecule has 1 aromatic heterocycles. The third kappa shape index (κ3) is 4.12. The normalized spacial score (nSPS) is 16.0. The SMILES string of the molecule is Cc1cc(N2C=C(C(=O)O)[C@H](c3ccc(F)cc3)CC2=O)c(-c2ccn(C)n2)cc1C(N)=O. The predicted molar refractivity (Wildman–Crippen MR) is 119 cm³/mol. The second-order valence-electron chi connectivity index (χ2n) is 7.88. The van der Waals surface area contributed by atoms with Gasteiger partial charge in [-0.1, -0.05) is 12.1 Å². The summed E-state index contributed by atoms with van der Waals surface area (Å²) >= 11 is 0. The first kappa shape index (κ1) is 21.9. The number of nitrogens with two attached hydrogens (primary N) is 1. The van der Waals surface area contributed by atoms with Crippen molar-refractivity contribution < 1.29 is 23.9 Å². The molecule has 168 valence electrons. The Hall–Kier alpha value is -4.27. The highest BCUT2D eigenvalue weighted by molar-refractivity contribution is 6.06. The third-order valence-electron chi connectivity index (χ3n) is 5.67. The zero-order valence-corrected chi connectivity index (χ0v) is 17.9. The first-order valence-corrected chi connectivity index (χ1v) is 10.1. The number of amides is 2. The number of aliphatic carboxylic acids is 1. The molecule has 0 saturated carbocycles. The molecule has 3 N–H and O–H groups in total. The number of halogens is 1. The zero-order valence-electron chi connectivity index (χ0n) is 17.9. The van der Waals surface area contributed by atoms with Crippen molar-refractivity contribution in [2.75, 3.05) is 4.90 Å². The number of aromatic nitrogens is 2. The number of carbonyl (C=O) groups is 3. The number of carboxylic acid groups (broad SMARTS) is 1. The molecular formula is C24H21FN4O4. The lowest BCUT2D eigenvalue weighted by atomic mass is 9.85. The zero-order chi connectivity index (χ0) is 23.9. The van der Waals surface area contributed by atoms with Crippen LogP contribution in [-0.2, 0) is 16.6 Å². The summed E-state index contributed by atoms with van der Waals surface area (Å²) in [6.45, 7) is 1.68. The molecule has 0 spiro atoms. The maximum atomic E-state index is 13.4. The molecule has 2 heterocycles. The van der Waals surface area contributed by atoms with Crippen molar-refractivity contribution in [1.82, 2.24) is 9.78 Å². The Kier molecular flexibility index (Phi) is 5.55. The molecule has 2 amide bonds. The number of nitrogens with zero attached hydrogens (tertiary/aromatic N) is 3. The topological polar surface area (TPSA) is 119 Å². The fraction of sp³-hybridized carbons (Fsp3) is 0.167. The Labute approximate surface area is 188 Å². The average molecular weight is 448 g/mol. The van der Waals surface area contributed by atoms with Crippen LogP contribution in [0.15, 0.2) is 60.4 Å². The van der Waals surface area contributed by atoms with Crippen LogP contribution >= 0.6 is 0 Å². The van der Waals surface area contributed by atoms with Crippen molar-refractivity contribution in [3.63, 3.8) is 0 Å². The van der Waals surface area contributed by atoms with E-state index in [2.05, 4.69) is 5.10 Å². The smallest absolute Gasteiger partial charge is 0.333 e. The van der Waals surface area contributed by atoms with E-state index in [-0.39, 0.29) is 23.5 Å². The number of carbonyl (C=O) groups excluding carboxylic acids is 2. The quantitative estimate of drug-likeness (QED) is 0.622. The maximum absolute atomic E-state index is 13.4. The molecule has 0 aliphatic carbocycles. The van der Waals surface area contributed by atoms with Crippen LogP contribution in [0.2, 0.25) is 0 Å². The van der Waals surface area contributed by atoms with Crippen LogP contribution in [0.25, 0.3) is 11.3 Å². The van der Waals surface area contributed by atoms with E-state index in [1.165, 1.54) is 35.4 Å². The summed E-state index contributed by atoms with van der Waals surface area (Å²) in [4.78, 5) is 38.5. The standard InChI is InChI=1S/C24H21FN4O4/c1-13-9-21(18(10-16(13)23(26)31)20-7-8-28(2)27-20)29-12-19(24(32)33)17(11-22(29)30)14-3-5-15(25)6-4-14/h3-10,12,17H,11H2,1-2H3,(H2,26,31)(H,32,33)/t17-/m0/s1. The Morgan fingerprint density at radius 2 is 1.88 bits per heavy atom. The first-order chi connectivity index (χ1) is 15.7. The molecule has 2 aromatic carbocycles. The molecule has 0 unspecified atom stereocenters. The van der Waals surface area contributed by atoms with Gasteiger partial charge in [0.2, 0.25) is 11.8 Å². The molecule has 1 atom stereocenters. The van der Waals surface area contributed by atoms with Crippen molar-refractivity contribution in [2.45, 2.75) is 19.3 Å². The number of anilines is 1. The molecule has 0 radical (unpaired) electrons. The fourth-order valence-corrected chi connectivity index (χ4v) is 4.01. The number of primary amides is 1. The van der Waals surface area contributed by atoms with E-state index in [1.54, 1.807) is 43.0 Å². The Balaban J connectivity index is 1.88. The van der Waals surface area contributed by atoms with Crippen molar-refractivity contribution in [3.05, 3.63) is 82.9 Å². The number of hydrogen-bond donors (Lipinski definition) is 2. The van der Waals surface area contributed by atoms with Crippen molar-refractivity contribution in [2.24, 2.45) is 12.8 Å². The molecule has 9 heteroatoms. The molecule has 1 aliphatic heterocycles. The molecule has 1 aliphatic rings. The van der Waals surface area contributed by atoms with Gasteiger partial charge in [0.1, 0.15) is 5.82 Å². The molecule has 0 fully saturated rings. The molecular weight excluding hydrogens is 427 g/mol. The van der Waals surface area contributed by atoms with Gasteiger partial charge >= 0.3 is 5.97 Å². The van der Waals surface area contributed by atoms with E-state index in [0.717, 1.165) is 0 Å². The van der Waals surface area contributed by atoms with Gasteiger partial charge in [0, 0.05) is 42.9 Å². The van der Waals surface area contributed by atoms with E-state index in [4.69, 9.17) is 5.73 Å². The van der Waals surface area contributed by atoms with E-state index in [1.807, 2.05) is 0 Å². The highest BCUT2D eigenvalue weighted by Gasteiger charge is 2.34. The van der Waals surface area contributed by atoms with Gasteiger partial charge in [0.25, 0.3) is 0 Å². The summed E-state index contributed by atoms with van der Waals surface area (Å²) in [6, 6.07) is 10.3. The number of carboxylic acids is 1. The highest BCUT2D eigenvalue weighted by atomic mass is 19.1. The van der Waals surface area contributed by atoms with Gasteiger partial charge in [-0.25, -0.2) is 9.18 Å². The summed E-state index contributed by atoms with van der Waals surface area (Å²) in [7, 11) is 1.73. The van der Waals surface area contributed by atoms with Gasteiger partial charge < -0.3 is 10.8 Å². The van der Waals surface area contributed by atoms with Crippen LogP contribution < -0.4 is 10.6 Å². The molecule has 0 saturated heterocycles. The largest absolute Gasteiger partial charge is 0.478 e. The maximum Gasteiger partial charge on any atom is 0.333 e. The highest BCUT2D eigenvalue weighted by Crippen LogP contribution is 2.39. The summed E-state index contributed by atoms with van der Waals surface area (Å²) in [5.41, 5.74) is 8.19. The Morgan fingerprint density at radius 3 is 2.45 bits per heavy atom. The van der Waals surface area contributed by atoms with Crippen LogP contribution in [0.3, 0.4) is 0 Å². The minimum absolute atomic E-state index is 0.00944. The van der Waals surface area contributed by atoms with E-state index < -0.39 is 23.6 Å². The van der Waals surface area contributed by atoms with Crippen LogP contribution in [-0.4, -0.2) is 32.7 Å². The van der Waals surface area contributed by atoms with Crippen LogP contribution in [0.4, 0.5) is 10.1 Å². The molecule has 4 rings (SSSR count). The Bertz CT molecular complexity index is 1310. The van der Waals surface area contributed by atoms with E-state index in [0.29, 0.717) is 28.1 Å². The number of benzene rings is 2. The minimum atomic E-state index is -1.19. The summed E-state index contributed by atoms with van der Waals surface area (Å²) in [6.07, 6.45) is 2.87. The van der Waals surface area contributed by atoms with Gasteiger partial charge in [-0.3, -0.25) is 19.2 Å². The van der Waals surface area contributed by atoms with Crippen molar-refractivity contribution in [3.8, 4) is 11.3 Å². The predicted octanol–water partition coefficient (Wildman–Crippen LogP) is 3.12. The third-order valence-corrected chi connectivity index (χ3v) is 5.67. The molecule has 0 bridgehead atoms. The second kappa shape index (κ2) is 8.34. The fourth-order valence-electron chi connectivity index (χ4n) is 4.01. The Morgan fingerprint density at radius 1 is 1.18 bits per heavy atom. The molecule has 3 aromatic rings.